The number of hydrogen-bond donors (Lipinski definition) is 2. The van der Waals surface area contributed by atoms with E-state index >= 15 is 0 Å². The van der Waals surface area contributed by atoms with E-state index in [1.807, 2.05) is 6.07 Å². The van der Waals surface area contributed by atoms with Crippen LogP contribution in [-0.4, -0.2) is 18.8 Å². The summed E-state index contributed by atoms with van der Waals surface area (Å²) in [5.41, 5.74) is 1.78. The van der Waals surface area contributed by atoms with Gasteiger partial charge in [0.1, 0.15) is 0 Å². The molecule has 2 N–H and O–H groups in total. The van der Waals surface area contributed by atoms with Crippen molar-refractivity contribution >= 4 is 5.69 Å². The van der Waals surface area contributed by atoms with E-state index < -0.39 is 11.9 Å². The highest BCUT2D eigenvalue weighted by Crippen LogP contribution is 2.21. The maximum absolute atomic E-state index is 13.5. The first-order valence-corrected chi connectivity index (χ1v) is 6.39. The molecule has 0 heterocycles. The summed E-state index contributed by atoms with van der Waals surface area (Å²) in [7, 11) is 1.40. The summed E-state index contributed by atoms with van der Waals surface area (Å²) in [6.45, 7) is 0.234. The molecule has 0 aromatic heterocycles. The quantitative estimate of drug-likeness (QED) is 0.887. The zero-order valence-corrected chi connectivity index (χ0v) is 11.5. The summed E-state index contributed by atoms with van der Waals surface area (Å²) in [5, 5.41) is 21.7. The van der Waals surface area contributed by atoms with Crippen molar-refractivity contribution in [3.63, 3.8) is 0 Å². The summed E-state index contributed by atoms with van der Waals surface area (Å²) in [6, 6.07) is 13.2. The number of nitrogens with one attached hydrogen (secondary N) is 1. The smallest absolute Gasteiger partial charge is 0.167 e. The van der Waals surface area contributed by atoms with Crippen LogP contribution in [0.2, 0.25) is 0 Å². The van der Waals surface area contributed by atoms with E-state index in [0.717, 1.165) is 0 Å². The van der Waals surface area contributed by atoms with E-state index in [0.29, 0.717) is 16.8 Å². The second-order valence-electron chi connectivity index (χ2n) is 4.48. The molecule has 0 aliphatic carbocycles. The standard InChI is InChI=1S/C16H15FN2O2/c1-21-16-7-6-13(8-14(16)17)19-10-15(20)12-4-2-11(9-18)3-5-12/h2-8,15,19-20H,10H2,1H3. The molecule has 2 aromatic rings. The number of methoxy groups -OCH3 is 1. The van der Waals surface area contributed by atoms with Crippen molar-refractivity contribution in [2.24, 2.45) is 0 Å². The van der Waals surface area contributed by atoms with E-state index in [1.54, 1.807) is 30.3 Å². The first kappa shape index (κ1) is 14.8. The highest BCUT2D eigenvalue weighted by Gasteiger charge is 2.08. The predicted molar refractivity (Wildman–Crippen MR) is 77.6 cm³/mol. The van der Waals surface area contributed by atoms with E-state index in [-0.39, 0.29) is 12.3 Å². The Kier molecular flexibility index (Phi) is 4.75. The first-order valence-electron chi connectivity index (χ1n) is 6.39. The molecule has 0 spiro atoms. The molecule has 2 rings (SSSR count). The molecule has 1 atom stereocenters. The Morgan fingerprint density at radius 3 is 2.57 bits per heavy atom. The van der Waals surface area contributed by atoms with Crippen LogP contribution in [-0.2, 0) is 0 Å². The van der Waals surface area contributed by atoms with Crippen LogP contribution in [0.15, 0.2) is 42.5 Å². The van der Waals surface area contributed by atoms with Crippen LogP contribution >= 0.6 is 0 Å². The normalized spacial score (nSPS) is 11.5. The number of halogens is 1. The van der Waals surface area contributed by atoms with E-state index in [2.05, 4.69) is 5.32 Å². The Bertz CT molecular complexity index is 650. The van der Waals surface area contributed by atoms with Gasteiger partial charge in [0.05, 0.1) is 24.8 Å². The van der Waals surface area contributed by atoms with Crippen LogP contribution in [0, 0.1) is 17.1 Å². The topological polar surface area (TPSA) is 65.3 Å². The number of nitriles is 1. The number of benzene rings is 2. The molecule has 1 unspecified atom stereocenters. The highest BCUT2D eigenvalue weighted by atomic mass is 19.1. The summed E-state index contributed by atoms with van der Waals surface area (Å²) in [6.07, 6.45) is -0.747. The minimum Gasteiger partial charge on any atom is -0.494 e. The third-order valence-corrected chi connectivity index (χ3v) is 3.08. The van der Waals surface area contributed by atoms with Crippen LogP contribution in [0.4, 0.5) is 10.1 Å². The van der Waals surface area contributed by atoms with Gasteiger partial charge in [0, 0.05) is 18.3 Å². The second kappa shape index (κ2) is 6.73. The van der Waals surface area contributed by atoms with E-state index in [1.165, 1.54) is 19.2 Å². The number of ether oxygens (including phenoxy) is 1. The maximum atomic E-state index is 13.5. The lowest BCUT2D eigenvalue weighted by atomic mass is 10.1. The Morgan fingerprint density at radius 1 is 1.29 bits per heavy atom. The number of nitrogens with zero attached hydrogens (tertiary/aromatic N) is 1. The molecule has 0 radical (unpaired) electrons. The Morgan fingerprint density at radius 2 is 2.00 bits per heavy atom. The van der Waals surface area contributed by atoms with Crippen LogP contribution in [0.25, 0.3) is 0 Å². The molecule has 0 saturated carbocycles. The summed E-state index contributed by atoms with van der Waals surface area (Å²) < 4.78 is 18.4. The summed E-state index contributed by atoms with van der Waals surface area (Å²) in [4.78, 5) is 0. The minimum absolute atomic E-state index is 0.174. The molecule has 108 valence electrons. The molecule has 2 aromatic carbocycles. The molecule has 0 amide bonds. The lowest BCUT2D eigenvalue weighted by Crippen LogP contribution is -2.12. The van der Waals surface area contributed by atoms with E-state index in [4.69, 9.17) is 10.00 Å². The molecule has 0 bridgehead atoms. The lowest BCUT2D eigenvalue weighted by Gasteiger charge is -2.14. The van der Waals surface area contributed by atoms with Gasteiger partial charge in [-0.05, 0) is 29.8 Å². The fourth-order valence-electron chi connectivity index (χ4n) is 1.89. The van der Waals surface area contributed by atoms with Gasteiger partial charge >= 0.3 is 0 Å². The van der Waals surface area contributed by atoms with Crippen LogP contribution < -0.4 is 10.1 Å². The number of anilines is 1. The lowest BCUT2D eigenvalue weighted by molar-refractivity contribution is 0.191. The van der Waals surface area contributed by atoms with Gasteiger partial charge in [0.15, 0.2) is 11.6 Å². The molecule has 5 heteroatoms. The SMILES string of the molecule is COc1ccc(NCC(O)c2ccc(C#N)cc2)cc1F. The van der Waals surface area contributed by atoms with Gasteiger partial charge in [-0.2, -0.15) is 5.26 Å². The average molecular weight is 286 g/mol. The molecule has 21 heavy (non-hydrogen) atoms. The van der Waals surface area contributed by atoms with Gasteiger partial charge in [-0.1, -0.05) is 12.1 Å². The van der Waals surface area contributed by atoms with Crippen molar-refractivity contribution in [1.82, 2.24) is 0 Å². The molecule has 0 fully saturated rings. The van der Waals surface area contributed by atoms with Gasteiger partial charge in [-0.25, -0.2) is 4.39 Å². The molecule has 0 aliphatic rings. The maximum Gasteiger partial charge on any atom is 0.167 e. The predicted octanol–water partition coefficient (Wildman–Crippen LogP) is 2.85. The van der Waals surface area contributed by atoms with Crippen LogP contribution in [0.1, 0.15) is 17.2 Å². The van der Waals surface area contributed by atoms with Gasteiger partial charge < -0.3 is 15.2 Å². The Balaban J connectivity index is 1.98. The Hall–Kier alpha value is -2.58. The van der Waals surface area contributed by atoms with Crippen molar-refractivity contribution in [3.05, 3.63) is 59.4 Å². The fourth-order valence-corrected chi connectivity index (χ4v) is 1.89. The van der Waals surface area contributed by atoms with E-state index in [9.17, 15) is 9.50 Å². The third-order valence-electron chi connectivity index (χ3n) is 3.08. The number of hydrogen-bond acceptors (Lipinski definition) is 4. The largest absolute Gasteiger partial charge is 0.494 e. The van der Waals surface area contributed by atoms with Crippen molar-refractivity contribution in [1.29, 1.82) is 5.26 Å². The van der Waals surface area contributed by atoms with Crippen molar-refractivity contribution in [2.45, 2.75) is 6.10 Å². The molecular formula is C16H15FN2O2. The number of aliphatic hydroxyl groups is 1. The van der Waals surface area contributed by atoms with Gasteiger partial charge in [0.2, 0.25) is 0 Å². The average Bonchev–Trinajstić information content (AvgIpc) is 2.52. The monoisotopic (exact) mass is 286 g/mol. The van der Waals surface area contributed by atoms with Crippen molar-refractivity contribution in [2.75, 3.05) is 19.0 Å². The highest BCUT2D eigenvalue weighted by molar-refractivity contribution is 5.47. The van der Waals surface area contributed by atoms with Gasteiger partial charge in [0.25, 0.3) is 0 Å². The number of aliphatic hydroxyl groups excluding tert-OH is 1. The molecule has 0 saturated heterocycles. The molecule has 0 aliphatic heterocycles. The molecular weight excluding hydrogens is 271 g/mol. The zero-order valence-electron chi connectivity index (χ0n) is 11.5. The second-order valence-corrected chi connectivity index (χ2v) is 4.48. The van der Waals surface area contributed by atoms with Crippen molar-refractivity contribution in [3.8, 4) is 11.8 Å². The summed E-state index contributed by atoms with van der Waals surface area (Å²) in [5.74, 6) is -0.288. The van der Waals surface area contributed by atoms with Crippen LogP contribution in [0.5, 0.6) is 5.75 Å². The zero-order chi connectivity index (χ0) is 15.2. The van der Waals surface area contributed by atoms with Crippen LogP contribution in [0.3, 0.4) is 0 Å². The van der Waals surface area contributed by atoms with Gasteiger partial charge in [-0.15, -0.1) is 0 Å². The first-order chi connectivity index (χ1) is 10.1. The third kappa shape index (κ3) is 3.71. The number of rotatable bonds is 5. The Labute approximate surface area is 122 Å². The summed E-state index contributed by atoms with van der Waals surface area (Å²) >= 11 is 0. The minimum atomic E-state index is -0.747. The fraction of sp³-hybridized carbons (Fsp3) is 0.188. The van der Waals surface area contributed by atoms with Crippen molar-refractivity contribution < 1.29 is 14.2 Å². The molecule has 4 nitrogen and oxygen atoms in total. The van der Waals surface area contributed by atoms with Gasteiger partial charge in [-0.3, -0.25) is 0 Å².